The van der Waals surface area contributed by atoms with E-state index < -0.39 is 6.04 Å². The van der Waals surface area contributed by atoms with Gasteiger partial charge in [-0.3, -0.25) is 14.5 Å². The maximum absolute atomic E-state index is 12.5. The Morgan fingerprint density at radius 2 is 1.67 bits per heavy atom. The van der Waals surface area contributed by atoms with Crippen molar-refractivity contribution in [3.63, 3.8) is 0 Å². The van der Waals surface area contributed by atoms with Gasteiger partial charge in [0.25, 0.3) is 11.8 Å². The lowest BCUT2D eigenvalue weighted by Crippen LogP contribution is -2.36. The Morgan fingerprint density at radius 3 is 2.33 bits per heavy atom. The molecule has 0 aromatic heterocycles. The second-order valence-electron chi connectivity index (χ2n) is 4.78. The standard InChI is InChI=1S/C16H12BrNO3/c17-11-6-7-12-13(8-11)16(21)18(15(12)20)14(9-19)10-4-2-1-3-5-10/h1-8,14,19H,9H2/t14-/m0/s1. The molecule has 0 spiro atoms. The largest absolute Gasteiger partial charge is 0.394 e. The van der Waals surface area contributed by atoms with Gasteiger partial charge in [-0.2, -0.15) is 0 Å². The highest BCUT2D eigenvalue weighted by atomic mass is 79.9. The summed E-state index contributed by atoms with van der Waals surface area (Å²) in [5, 5.41) is 9.65. The number of nitrogens with zero attached hydrogens (tertiary/aromatic N) is 1. The molecule has 0 radical (unpaired) electrons. The number of amides is 2. The summed E-state index contributed by atoms with van der Waals surface area (Å²) in [6.45, 7) is -0.309. The van der Waals surface area contributed by atoms with E-state index in [0.717, 1.165) is 14.9 Å². The van der Waals surface area contributed by atoms with Gasteiger partial charge in [0, 0.05) is 4.47 Å². The van der Waals surface area contributed by atoms with E-state index in [-0.39, 0.29) is 18.4 Å². The molecule has 106 valence electrons. The summed E-state index contributed by atoms with van der Waals surface area (Å²) in [5.41, 5.74) is 1.47. The van der Waals surface area contributed by atoms with E-state index in [1.165, 1.54) is 0 Å². The molecule has 0 fully saturated rings. The third kappa shape index (κ3) is 2.28. The minimum atomic E-state index is -0.669. The van der Waals surface area contributed by atoms with Gasteiger partial charge in [0.2, 0.25) is 0 Å². The van der Waals surface area contributed by atoms with Crippen molar-refractivity contribution >= 4 is 27.7 Å². The fraction of sp³-hybridized carbons (Fsp3) is 0.125. The van der Waals surface area contributed by atoms with Crippen molar-refractivity contribution in [2.45, 2.75) is 6.04 Å². The zero-order valence-corrected chi connectivity index (χ0v) is 12.6. The Labute approximate surface area is 130 Å². The lowest BCUT2D eigenvalue weighted by molar-refractivity contribution is 0.0514. The molecular formula is C16H12BrNO3. The van der Waals surface area contributed by atoms with Crippen LogP contribution in [0.1, 0.15) is 32.3 Å². The summed E-state index contributed by atoms with van der Waals surface area (Å²) in [5.74, 6) is -0.746. The first-order valence-corrected chi connectivity index (χ1v) is 7.26. The molecule has 21 heavy (non-hydrogen) atoms. The number of halogens is 1. The first kappa shape index (κ1) is 14.0. The van der Waals surface area contributed by atoms with Crippen LogP contribution in [0.4, 0.5) is 0 Å². The Morgan fingerprint density at radius 1 is 1.00 bits per heavy atom. The zero-order chi connectivity index (χ0) is 15.0. The summed E-state index contributed by atoms with van der Waals surface area (Å²) in [4.78, 5) is 26.1. The number of hydrogen-bond acceptors (Lipinski definition) is 3. The Hall–Kier alpha value is -1.98. The molecule has 2 amide bonds. The number of carbonyl (C=O) groups is 2. The van der Waals surface area contributed by atoms with Crippen LogP contribution in [0, 0.1) is 0 Å². The molecule has 0 aliphatic carbocycles. The van der Waals surface area contributed by atoms with Gasteiger partial charge in [0.15, 0.2) is 0 Å². The number of rotatable bonds is 3. The lowest BCUT2D eigenvalue weighted by atomic mass is 10.1. The number of imide groups is 1. The van der Waals surface area contributed by atoms with Crippen LogP contribution in [-0.2, 0) is 0 Å². The summed E-state index contributed by atoms with van der Waals surface area (Å²) in [6.07, 6.45) is 0. The minimum Gasteiger partial charge on any atom is -0.394 e. The predicted octanol–water partition coefficient (Wildman–Crippen LogP) is 2.78. The number of hydrogen-bond donors (Lipinski definition) is 1. The van der Waals surface area contributed by atoms with Crippen molar-refractivity contribution in [2.75, 3.05) is 6.61 Å². The molecule has 2 aromatic rings. The Bertz CT molecular complexity index is 715. The molecule has 0 bridgehead atoms. The minimum absolute atomic E-state index is 0.309. The molecule has 1 heterocycles. The summed E-state index contributed by atoms with van der Waals surface area (Å²) >= 11 is 3.30. The molecule has 1 atom stereocenters. The topological polar surface area (TPSA) is 57.6 Å². The molecule has 0 unspecified atom stereocenters. The molecule has 0 saturated heterocycles. The summed E-state index contributed by atoms with van der Waals surface area (Å²) in [7, 11) is 0. The third-order valence-corrected chi connectivity index (χ3v) is 4.04. The molecule has 1 aliphatic heterocycles. The van der Waals surface area contributed by atoms with E-state index in [4.69, 9.17) is 0 Å². The van der Waals surface area contributed by atoms with E-state index in [1.807, 2.05) is 18.2 Å². The maximum Gasteiger partial charge on any atom is 0.262 e. The van der Waals surface area contributed by atoms with Gasteiger partial charge in [-0.15, -0.1) is 0 Å². The molecular weight excluding hydrogens is 334 g/mol. The second-order valence-corrected chi connectivity index (χ2v) is 5.69. The molecule has 5 heteroatoms. The number of fused-ring (bicyclic) bond motifs is 1. The van der Waals surface area contributed by atoms with E-state index in [9.17, 15) is 14.7 Å². The lowest BCUT2D eigenvalue weighted by Gasteiger charge is -2.24. The van der Waals surface area contributed by atoms with Crippen LogP contribution in [0.5, 0.6) is 0 Å². The first-order valence-electron chi connectivity index (χ1n) is 6.46. The quantitative estimate of drug-likeness (QED) is 0.870. The van der Waals surface area contributed by atoms with Crippen molar-refractivity contribution < 1.29 is 14.7 Å². The van der Waals surface area contributed by atoms with Crippen molar-refractivity contribution in [3.8, 4) is 0 Å². The average Bonchev–Trinajstić information content (AvgIpc) is 2.74. The summed E-state index contributed by atoms with van der Waals surface area (Å²) in [6, 6.07) is 13.4. The third-order valence-electron chi connectivity index (χ3n) is 3.55. The van der Waals surface area contributed by atoms with Crippen LogP contribution >= 0.6 is 15.9 Å². The first-order chi connectivity index (χ1) is 10.1. The van der Waals surface area contributed by atoms with Crippen molar-refractivity contribution in [1.29, 1.82) is 0 Å². The van der Waals surface area contributed by atoms with Crippen molar-refractivity contribution in [3.05, 3.63) is 69.7 Å². The van der Waals surface area contributed by atoms with Gasteiger partial charge in [-0.1, -0.05) is 46.3 Å². The van der Waals surface area contributed by atoms with E-state index in [2.05, 4.69) is 15.9 Å². The monoisotopic (exact) mass is 345 g/mol. The predicted molar refractivity (Wildman–Crippen MR) is 80.9 cm³/mol. The molecule has 2 aromatic carbocycles. The highest BCUT2D eigenvalue weighted by molar-refractivity contribution is 9.10. The number of benzene rings is 2. The Balaban J connectivity index is 2.04. The van der Waals surface area contributed by atoms with Crippen molar-refractivity contribution in [1.82, 2.24) is 4.90 Å². The van der Waals surface area contributed by atoms with Gasteiger partial charge in [0.1, 0.15) is 0 Å². The zero-order valence-electron chi connectivity index (χ0n) is 11.0. The number of aliphatic hydroxyl groups is 1. The molecule has 1 aliphatic rings. The fourth-order valence-electron chi connectivity index (χ4n) is 2.53. The van der Waals surface area contributed by atoms with Crippen LogP contribution in [0.2, 0.25) is 0 Å². The molecule has 1 N–H and O–H groups in total. The van der Waals surface area contributed by atoms with Crippen molar-refractivity contribution in [2.24, 2.45) is 0 Å². The van der Waals surface area contributed by atoms with Crippen LogP contribution in [0.15, 0.2) is 53.0 Å². The van der Waals surface area contributed by atoms with Crippen LogP contribution in [0.3, 0.4) is 0 Å². The van der Waals surface area contributed by atoms with Gasteiger partial charge in [0.05, 0.1) is 23.8 Å². The molecule has 4 nitrogen and oxygen atoms in total. The highest BCUT2D eigenvalue weighted by Gasteiger charge is 2.40. The smallest absolute Gasteiger partial charge is 0.262 e. The molecule has 0 saturated carbocycles. The van der Waals surface area contributed by atoms with E-state index in [0.29, 0.717) is 11.1 Å². The average molecular weight is 346 g/mol. The second kappa shape index (κ2) is 5.42. The number of aliphatic hydroxyl groups excluding tert-OH is 1. The molecule has 3 rings (SSSR count). The van der Waals surface area contributed by atoms with E-state index in [1.54, 1.807) is 30.3 Å². The van der Waals surface area contributed by atoms with Gasteiger partial charge < -0.3 is 5.11 Å². The Kier molecular flexibility index (Phi) is 3.61. The van der Waals surface area contributed by atoms with E-state index >= 15 is 0 Å². The highest BCUT2D eigenvalue weighted by Crippen LogP contribution is 2.32. The maximum atomic E-state index is 12.5. The SMILES string of the molecule is O=C1c2ccc(Br)cc2C(=O)N1[C@@H](CO)c1ccccc1. The number of carbonyl (C=O) groups excluding carboxylic acids is 2. The van der Waals surface area contributed by atoms with Gasteiger partial charge in [-0.25, -0.2) is 0 Å². The summed E-state index contributed by atoms with van der Waals surface area (Å²) < 4.78 is 0.740. The van der Waals surface area contributed by atoms with Crippen LogP contribution in [0.25, 0.3) is 0 Å². The van der Waals surface area contributed by atoms with Crippen LogP contribution in [-0.4, -0.2) is 28.4 Å². The normalized spacial score (nSPS) is 15.2. The van der Waals surface area contributed by atoms with Gasteiger partial charge >= 0.3 is 0 Å². The van der Waals surface area contributed by atoms with Crippen LogP contribution < -0.4 is 0 Å². The van der Waals surface area contributed by atoms with Gasteiger partial charge in [-0.05, 0) is 23.8 Å². The fourth-order valence-corrected chi connectivity index (χ4v) is 2.89.